The molecule has 28 heavy (non-hydrogen) atoms. The lowest BCUT2D eigenvalue weighted by molar-refractivity contribution is -0.114. The highest BCUT2D eigenvalue weighted by molar-refractivity contribution is 7.90. The van der Waals surface area contributed by atoms with Crippen LogP contribution in [0.25, 0.3) is 0 Å². The predicted molar refractivity (Wildman–Crippen MR) is 111 cm³/mol. The van der Waals surface area contributed by atoms with E-state index in [1.165, 1.54) is 19.1 Å². The molecule has 3 rings (SSSR count). The van der Waals surface area contributed by atoms with Gasteiger partial charge in [0.05, 0.1) is 4.90 Å². The van der Waals surface area contributed by atoms with Crippen molar-refractivity contribution >= 4 is 33.3 Å². The number of nitrogens with one attached hydrogen (secondary N) is 2. The standard InChI is InChI=1S/C20H24N4O3S/c1-14-6-4-7-19(15(14)2)24-13-5-12-21-20(24)23-28(26,27)18-10-8-17(9-11-18)22-16(3)25/h4,6-11H,5,12-13H2,1-3H3,(H,21,23)(H,22,25). The van der Waals surface area contributed by atoms with Crippen LogP contribution in [0.5, 0.6) is 0 Å². The van der Waals surface area contributed by atoms with Crippen LogP contribution in [0.4, 0.5) is 11.4 Å². The van der Waals surface area contributed by atoms with E-state index in [0.29, 0.717) is 24.7 Å². The Hall–Kier alpha value is -2.87. The Labute approximate surface area is 165 Å². The summed E-state index contributed by atoms with van der Waals surface area (Å²) in [4.78, 5) is 17.6. The maximum atomic E-state index is 12.9. The number of aryl methyl sites for hydroxylation is 1. The monoisotopic (exact) mass is 400 g/mol. The van der Waals surface area contributed by atoms with Crippen LogP contribution in [-0.2, 0) is 14.8 Å². The first-order valence-corrected chi connectivity index (χ1v) is 10.5. The smallest absolute Gasteiger partial charge is 0.264 e. The molecule has 0 fully saturated rings. The fraction of sp³-hybridized carbons (Fsp3) is 0.300. The Bertz CT molecular complexity index is 1010. The highest BCUT2D eigenvalue weighted by Crippen LogP contribution is 2.25. The number of aliphatic imine (C=N–C) groups is 1. The highest BCUT2D eigenvalue weighted by atomic mass is 32.2. The van der Waals surface area contributed by atoms with Crippen molar-refractivity contribution in [2.24, 2.45) is 4.99 Å². The lowest BCUT2D eigenvalue weighted by atomic mass is 10.1. The number of hydrogen-bond donors (Lipinski definition) is 2. The molecule has 1 heterocycles. The fourth-order valence-electron chi connectivity index (χ4n) is 3.05. The fourth-order valence-corrected chi connectivity index (χ4v) is 4.08. The van der Waals surface area contributed by atoms with Gasteiger partial charge in [0.15, 0.2) is 0 Å². The van der Waals surface area contributed by atoms with Crippen LogP contribution < -0.4 is 14.9 Å². The third kappa shape index (κ3) is 4.33. The SMILES string of the molecule is CC(=O)Nc1ccc(S(=O)(=O)NC2=NCCCN2c2cccc(C)c2C)cc1. The minimum Gasteiger partial charge on any atom is -0.326 e. The predicted octanol–water partition coefficient (Wildman–Crippen LogP) is 2.81. The minimum absolute atomic E-state index is 0.107. The molecular formula is C20H24N4O3S. The average molecular weight is 401 g/mol. The molecule has 0 unspecified atom stereocenters. The van der Waals surface area contributed by atoms with Crippen molar-refractivity contribution in [2.75, 3.05) is 23.3 Å². The summed E-state index contributed by atoms with van der Waals surface area (Å²) in [6, 6.07) is 12.0. The van der Waals surface area contributed by atoms with Gasteiger partial charge in [-0.15, -0.1) is 0 Å². The Kier molecular flexibility index (Phi) is 5.69. The third-order valence-corrected chi connectivity index (χ3v) is 5.98. The molecule has 148 valence electrons. The summed E-state index contributed by atoms with van der Waals surface area (Å²) in [7, 11) is -3.80. The maximum Gasteiger partial charge on any atom is 0.264 e. The first-order chi connectivity index (χ1) is 13.3. The molecule has 1 aliphatic rings. The van der Waals surface area contributed by atoms with Gasteiger partial charge in [-0.3, -0.25) is 9.79 Å². The molecule has 7 nitrogen and oxygen atoms in total. The van der Waals surface area contributed by atoms with Crippen molar-refractivity contribution in [1.82, 2.24) is 4.72 Å². The van der Waals surface area contributed by atoms with Gasteiger partial charge in [0.2, 0.25) is 11.9 Å². The Morgan fingerprint density at radius 3 is 2.50 bits per heavy atom. The summed E-state index contributed by atoms with van der Waals surface area (Å²) < 4.78 is 28.3. The molecular weight excluding hydrogens is 376 g/mol. The van der Waals surface area contributed by atoms with Gasteiger partial charge in [0, 0.05) is 31.4 Å². The lowest BCUT2D eigenvalue weighted by Crippen LogP contribution is -2.47. The maximum absolute atomic E-state index is 12.9. The lowest BCUT2D eigenvalue weighted by Gasteiger charge is -2.31. The van der Waals surface area contributed by atoms with Gasteiger partial charge in [-0.1, -0.05) is 12.1 Å². The normalized spacial score (nSPS) is 14.4. The van der Waals surface area contributed by atoms with E-state index in [4.69, 9.17) is 0 Å². The second kappa shape index (κ2) is 8.02. The second-order valence-corrected chi connectivity index (χ2v) is 8.42. The van der Waals surface area contributed by atoms with Crippen LogP contribution in [-0.4, -0.2) is 33.4 Å². The van der Waals surface area contributed by atoms with E-state index < -0.39 is 10.0 Å². The molecule has 0 spiro atoms. The molecule has 8 heteroatoms. The van der Waals surface area contributed by atoms with Crippen LogP contribution in [0.2, 0.25) is 0 Å². The zero-order valence-electron chi connectivity index (χ0n) is 16.2. The van der Waals surface area contributed by atoms with E-state index in [0.717, 1.165) is 23.2 Å². The summed E-state index contributed by atoms with van der Waals surface area (Å²) >= 11 is 0. The molecule has 2 aromatic rings. The van der Waals surface area contributed by atoms with E-state index in [1.807, 2.05) is 36.9 Å². The Morgan fingerprint density at radius 2 is 1.82 bits per heavy atom. The largest absolute Gasteiger partial charge is 0.326 e. The first-order valence-electron chi connectivity index (χ1n) is 9.06. The molecule has 0 aliphatic carbocycles. The number of anilines is 2. The zero-order chi connectivity index (χ0) is 20.3. The molecule has 2 N–H and O–H groups in total. The second-order valence-electron chi connectivity index (χ2n) is 6.74. The molecule has 1 aliphatic heterocycles. The van der Waals surface area contributed by atoms with Crippen molar-refractivity contribution in [2.45, 2.75) is 32.1 Å². The van der Waals surface area contributed by atoms with Gasteiger partial charge >= 0.3 is 0 Å². The van der Waals surface area contributed by atoms with Crippen molar-refractivity contribution in [3.63, 3.8) is 0 Å². The number of guanidine groups is 1. The van der Waals surface area contributed by atoms with Crippen molar-refractivity contribution in [3.05, 3.63) is 53.6 Å². The van der Waals surface area contributed by atoms with Gasteiger partial charge in [-0.25, -0.2) is 13.1 Å². The van der Waals surface area contributed by atoms with Crippen LogP contribution in [0.3, 0.4) is 0 Å². The molecule has 0 saturated heterocycles. The van der Waals surface area contributed by atoms with E-state index in [1.54, 1.807) is 12.1 Å². The van der Waals surface area contributed by atoms with Crippen molar-refractivity contribution in [3.8, 4) is 0 Å². The molecule has 0 aromatic heterocycles. The van der Waals surface area contributed by atoms with Gasteiger partial charge in [-0.2, -0.15) is 0 Å². The topological polar surface area (TPSA) is 90.9 Å². The van der Waals surface area contributed by atoms with Crippen LogP contribution in [0.1, 0.15) is 24.5 Å². The number of hydrogen-bond acceptors (Lipinski definition) is 5. The molecule has 0 saturated carbocycles. The van der Waals surface area contributed by atoms with Crippen LogP contribution in [0.15, 0.2) is 52.4 Å². The number of carbonyl (C=O) groups is 1. The quantitative estimate of drug-likeness (QED) is 0.826. The number of nitrogens with zero attached hydrogens (tertiary/aromatic N) is 2. The molecule has 0 atom stereocenters. The van der Waals surface area contributed by atoms with E-state index >= 15 is 0 Å². The number of benzene rings is 2. The molecule has 2 aromatic carbocycles. The number of carbonyl (C=O) groups excluding carboxylic acids is 1. The van der Waals surface area contributed by atoms with Gasteiger partial charge < -0.3 is 10.2 Å². The first kappa shape index (κ1) is 19.9. The summed E-state index contributed by atoms with van der Waals surface area (Å²) in [6.07, 6.45) is 0.851. The summed E-state index contributed by atoms with van der Waals surface area (Å²) in [5.41, 5.74) is 3.72. The number of amides is 1. The van der Waals surface area contributed by atoms with E-state index in [9.17, 15) is 13.2 Å². The van der Waals surface area contributed by atoms with Crippen LogP contribution in [0, 0.1) is 13.8 Å². The summed E-state index contributed by atoms with van der Waals surface area (Å²) in [5, 5.41) is 2.62. The molecule has 1 amide bonds. The van der Waals surface area contributed by atoms with Gasteiger partial charge in [0.1, 0.15) is 0 Å². The van der Waals surface area contributed by atoms with E-state index in [-0.39, 0.29) is 10.8 Å². The zero-order valence-corrected chi connectivity index (χ0v) is 17.0. The molecule has 0 radical (unpaired) electrons. The van der Waals surface area contributed by atoms with Crippen molar-refractivity contribution in [1.29, 1.82) is 0 Å². The minimum atomic E-state index is -3.80. The Morgan fingerprint density at radius 1 is 1.11 bits per heavy atom. The summed E-state index contributed by atoms with van der Waals surface area (Å²) in [6.45, 7) is 6.70. The number of rotatable bonds is 4. The third-order valence-electron chi connectivity index (χ3n) is 4.63. The Balaban J connectivity index is 1.86. The van der Waals surface area contributed by atoms with Crippen molar-refractivity contribution < 1.29 is 13.2 Å². The summed E-state index contributed by atoms with van der Waals surface area (Å²) in [5.74, 6) is 0.111. The van der Waals surface area contributed by atoms with E-state index in [2.05, 4.69) is 15.0 Å². The van der Waals surface area contributed by atoms with Crippen LogP contribution >= 0.6 is 0 Å². The highest BCUT2D eigenvalue weighted by Gasteiger charge is 2.24. The van der Waals surface area contributed by atoms with Gasteiger partial charge in [0.25, 0.3) is 10.0 Å². The number of sulfonamides is 1. The molecule has 0 bridgehead atoms. The van der Waals surface area contributed by atoms with Gasteiger partial charge in [-0.05, 0) is 61.7 Å². The average Bonchev–Trinajstić information content (AvgIpc) is 2.64.